The highest BCUT2D eigenvalue weighted by Crippen LogP contribution is 2.46. The largest absolute Gasteiger partial charge is 0.388 e. The number of aliphatic hydroxyl groups excluding tert-OH is 2. The van der Waals surface area contributed by atoms with E-state index in [1.165, 1.54) is 6.92 Å². The number of nitrogens with one attached hydrogen (secondary N) is 1. The number of hydrogen-bond acceptors (Lipinski definition) is 4. The van der Waals surface area contributed by atoms with Crippen molar-refractivity contribution in [3.8, 4) is 0 Å². The molecule has 0 spiro atoms. The fraction of sp³-hybridized carbons (Fsp3) is 0.579. The van der Waals surface area contributed by atoms with E-state index in [9.17, 15) is 15.0 Å². The van der Waals surface area contributed by atoms with Crippen molar-refractivity contribution in [2.75, 3.05) is 13.1 Å². The zero-order valence-electron chi connectivity index (χ0n) is 15.4. The molecule has 1 aromatic carbocycles. The van der Waals surface area contributed by atoms with Crippen molar-refractivity contribution in [2.24, 2.45) is 11.3 Å². The van der Waals surface area contributed by atoms with Gasteiger partial charge in [0.05, 0.1) is 17.8 Å². The standard InChI is InChI=1S/C19H26ClN3O3/c1-11(24)18(26)23-6-4-13(5-7-23)19(2,3)17(25)15-9-14(20)8-12-10-21-22-16(12)15/h8-11,13,17,24-25H,4-7H2,1-3H3,(H,21,22)/t11?,17-/m1/s1. The van der Waals surface area contributed by atoms with Crippen molar-refractivity contribution in [3.63, 3.8) is 0 Å². The van der Waals surface area contributed by atoms with E-state index in [0.717, 1.165) is 29.3 Å². The van der Waals surface area contributed by atoms with Crippen LogP contribution in [-0.4, -0.2) is 50.4 Å². The molecule has 3 N–H and O–H groups in total. The minimum atomic E-state index is -0.967. The van der Waals surface area contributed by atoms with Crippen LogP contribution in [-0.2, 0) is 4.79 Å². The minimum Gasteiger partial charge on any atom is -0.388 e. The number of hydrogen-bond donors (Lipinski definition) is 3. The molecule has 2 aromatic rings. The van der Waals surface area contributed by atoms with Gasteiger partial charge in [0.25, 0.3) is 5.91 Å². The molecule has 1 fully saturated rings. The molecule has 1 unspecified atom stereocenters. The van der Waals surface area contributed by atoms with Crippen LogP contribution in [0.4, 0.5) is 0 Å². The van der Waals surface area contributed by atoms with Crippen LogP contribution >= 0.6 is 11.6 Å². The Balaban J connectivity index is 1.79. The number of amides is 1. The first-order chi connectivity index (χ1) is 12.2. The van der Waals surface area contributed by atoms with E-state index in [-0.39, 0.29) is 11.8 Å². The summed E-state index contributed by atoms with van der Waals surface area (Å²) in [6, 6.07) is 3.62. The Bertz CT molecular complexity index is 794. The summed E-state index contributed by atoms with van der Waals surface area (Å²) in [6.07, 6.45) is 1.59. The molecule has 1 aliphatic heterocycles. The highest BCUT2D eigenvalue weighted by Gasteiger charge is 2.40. The maximum absolute atomic E-state index is 12.0. The lowest BCUT2D eigenvalue weighted by molar-refractivity contribution is -0.141. The topological polar surface area (TPSA) is 89.4 Å². The molecule has 6 nitrogen and oxygen atoms in total. The number of carbonyl (C=O) groups is 1. The summed E-state index contributed by atoms with van der Waals surface area (Å²) in [4.78, 5) is 13.7. The highest BCUT2D eigenvalue weighted by molar-refractivity contribution is 6.31. The van der Waals surface area contributed by atoms with Gasteiger partial charge in [-0.3, -0.25) is 9.89 Å². The maximum Gasteiger partial charge on any atom is 0.251 e. The Morgan fingerprint density at radius 3 is 2.62 bits per heavy atom. The molecule has 1 saturated heterocycles. The van der Waals surface area contributed by atoms with Crippen LogP contribution in [0.2, 0.25) is 5.02 Å². The van der Waals surface area contributed by atoms with E-state index in [1.807, 2.05) is 6.07 Å². The molecule has 0 aliphatic carbocycles. The third-order valence-corrected chi connectivity index (χ3v) is 5.98. The zero-order chi connectivity index (χ0) is 19.1. The normalized spacial score (nSPS) is 18.9. The second-order valence-electron chi connectivity index (χ2n) is 7.83. The molecule has 0 saturated carbocycles. The fourth-order valence-electron chi connectivity index (χ4n) is 3.99. The SMILES string of the molecule is CC(O)C(=O)N1CCC(C(C)(C)[C@H](O)c2cc(Cl)cc3cn[nH]c23)CC1. The van der Waals surface area contributed by atoms with Gasteiger partial charge in [-0.05, 0) is 43.2 Å². The van der Waals surface area contributed by atoms with Crippen molar-refractivity contribution < 1.29 is 15.0 Å². The number of likely N-dealkylation sites (tertiary alicyclic amines) is 1. The molecule has 0 radical (unpaired) electrons. The number of fused-ring (bicyclic) bond motifs is 1. The van der Waals surface area contributed by atoms with Crippen molar-refractivity contribution in [1.29, 1.82) is 0 Å². The van der Waals surface area contributed by atoms with Crippen LogP contribution in [0.3, 0.4) is 0 Å². The molecular formula is C19H26ClN3O3. The molecule has 0 bridgehead atoms. The number of halogens is 1. The third kappa shape index (κ3) is 3.46. The van der Waals surface area contributed by atoms with E-state index in [2.05, 4.69) is 24.0 Å². The number of benzene rings is 1. The summed E-state index contributed by atoms with van der Waals surface area (Å²) in [6.45, 7) is 6.80. The number of piperidine rings is 1. The predicted octanol–water partition coefficient (Wildman–Crippen LogP) is 2.90. The Labute approximate surface area is 158 Å². The lowest BCUT2D eigenvalue weighted by Gasteiger charge is -2.43. The van der Waals surface area contributed by atoms with E-state index in [1.54, 1.807) is 17.2 Å². The Hall–Kier alpha value is -1.63. The summed E-state index contributed by atoms with van der Waals surface area (Å²) < 4.78 is 0. The molecular weight excluding hydrogens is 354 g/mol. The summed E-state index contributed by atoms with van der Waals surface area (Å²) in [5.74, 6) is 0.0170. The second-order valence-corrected chi connectivity index (χ2v) is 8.27. The molecule has 1 amide bonds. The first kappa shape index (κ1) is 19.1. The lowest BCUT2D eigenvalue weighted by atomic mass is 9.68. The fourth-order valence-corrected chi connectivity index (χ4v) is 4.23. The molecule has 3 rings (SSSR count). The molecule has 142 valence electrons. The van der Waals surface area contributed by atoms with Gasteiger partial charge in [0.15, 0.2) is 0 Å². The third-order valence-electron chi connectivity index (χ3n) is 5.76. The average molecular weight is 380 g/mol. The van der Waals surface area contributed by atoms with Crippen LogP contribution in [0.5, 0.6) is 0 Å². The number of aromatic amines is 1. The Morgan fingerprint density at radius 1 is 1.35 bits per heavy atom. The van der Waals surface area contributed by atoms with E-state index < -0.39 is 17.6 Å². The number of carbonyl (C=O) groups excluding carboxylic acids is 1. The monoisotopic (exact) mass is 379 g/mol. The molecule has 1 aliphatic rings. The quantitative estimate of drug-likeness (QED) is 0.762. The molecule has 2 atom stereocenters. The first-order valence-corrected chi connectivity index (χ1v) is 9.37. The summed E-state index contributed by atoms with van der Waals surface area (Å²) in [7, 11) is 0. The van der Waals surface area contributed by atoms with Gasteiger partial charge >= 0.3 is 0 Å². The van der Waals surface area contributed by atoms with Gasteiger partial charge in [-0.2, -0.15) is 5.10 Å². The first-order valence-electron chi connectivity index (χ1n) is 8.99. The number of rotatable bonds is 4. The number of H-pyrrole nitrogens is 1. The van der Waals surface area contributed by atoms with Gasteiger partial charge in [0.2, 0.25) is 0 Å². The van der Waals surface area contributed by atoms with Crippen molar-refractivity contribution in [1.82, 2.24) is 15.1 Å². The number of nitrogens with zero attached hydrogens (tertiary/aromatic N) is 2. The number of aliphatic hydroxyl groups is 2. The van der Waals surface area contributed by atoms with Crippen LogP contribution in [0, 0.1) is 11.3 Å². The van der Waals surface area contributed by atoms with E-state index in [0.29, 0.717) is 18.1 Å². The maximum atomic E-state index is 12.0. The second kappa shape index (κ2) is 7.18. The molecule has 26 heavy (non-hydrogen) atoms. The van der Waals surface area contributed by atoms with Gasteiger partial charge < -0.3 is 15.1 Å². The minimum absolute atomic E-state index is 0.226. The average Bonchev–Trinajstić information content (AvgIpc) is 3.07. The Kier molecular flexibility index (Phi) is 5.28. The Morgan fingerprint density at radius 2 is 2.00 bits per heavy atom. The summed E-state index contributed by atoms with van der Waals surface area (Å²) >= 11 is 6.22. The van der Waals surface area contributed by atoms with Crippen molar-refractivity contribution in [3.05, 3.63) is 28.9 Å². The molecule has 1 aromatic heterocycles. The van der Waals surface area contributed by atoms with Gasteiger partial charge in [-0.15, -0.1) is 0 Å². The smallest absolute Gasteiger partial charge is 0.251 e. The van der Waals surface area contributed by atoms with Crippen molar-refractivity contribution in [2.45, 2.75) is 45.8 Å². The van der Waals surface area contributed by atoms with E-state index >= 15 is 0 Å². The summed E-state index contributed by atoms with van der Waals surface area (Å²) in [5.41, 5.74) is 1.15. The molecule has 2 heterocycles. The van der Waals surface area contributed by atoms with Crippen molar-refractivity contribution >= 4 is 28.4 Å². The number of aromatic nitrogens is 2. The predicted molar refractivity (Wildman–Crippen MR) is 101 cm³/mol. The van der Waals surface area contributed by atoms with Crippen LogP contribution < -0.4 is 0 Å². The lowest BCUT2D eigenvalue weighted by Crippen LogP contribution is -2.46. The van der Waals surface area contributed by atoms with Gasteiger partial charge in [-0.1, -0.05) is 25.4 Å². The van der Waals surface area contributed by atoms with Gasteiger partial charge in [0, 0.05) is 29.1 Å². The molecule has 7 heteroatoms. The van der Waals surface area contributed by atoms with E-state index in [4.69, 9.17) is 11.6 Å². The van der Waals surface area contributed by atoms with Gasteiger partial charge in [0.1, 0.15) is 6.10 Å². The zero-order valence-corrected chi connectivity index (χ0v) is 16.1. The summed E-state index contributed by atoms with van der Waals surface area (Å²) in [5, 5.41) is 29.1. The van der Waals surface area contributed by atoms with Crippen LogP contribution in [0.15, 0.2) is 18.3 Å². The van der Waals surface area contributed by atoms with Crippen LogP contribution in [0.25, 0.3) is 10.9 Å². The van der Waals surface area contributed by atoms with Crippen LogP contribution in [0.1, 0.15) is 45.3 Å². The highest BCUT2D eigenvalue weighted by atomic mass is 35.5. The van der Waals surface area contributed by atoms with Gasteiger partial charge in [-0.25, -0.2) is 0 Å².